The molecule has 0 aromatic carbocycles. The second-order valence-corrected chi connectivity index (χ2v) is 7.42. The molecule has 0 aromatic heterocycles. The first kappa shape index (κ1) is 34.2. The Morgan fingerprint density at radius 3 is 0.826 bits per heavy atom. The van der Waals surface area contributed by atoms with Crippen LogP contribution in [0.25, 0.3) is 0 Å². The minimum atomic E-state index is -5.39. The van der Waals surface area contributed by atoms with Crippen molar-refractivity contribution >= 4 is 115 Å². The molecule has 0 rings (SSSR count). The van der Waals surface area contributed by atoms with Gasteiger partial charge in [0.1, 0.15) is 0 Å². The molecule has 0 aliphatic heterocycles. The predicted octanol–water partition coefficient (Wildman–Crippen LogP) is -6.05. The van der Waals surface area contributed by atoms with Gasteiger partial charge in [-0.25, -0.2) is 0 Å². The van der Waals surface area contributed by atoms with E-state index in [0.29, 0.717) is 0 Å². The van der Waals surface area contributed by atoms with Gasteiger partial charge in [0, 0.05) is 0 Å². The van der Waals surface area contributed by atoms with Crippen molar-refractivity contribution < 1.29 is 49.9 Å². The Balaban J connectivity index is -0.000000105. The first-order valence-corrected chi connectivity index (χ1v) is 12.5. The van der Waals surface area contributed by atoms with Gasteiger partial charge in [0.15, 0.2) is 0 Å². The molecule has 0 radical (unpaired) electrons. The number of hydrogen-bond donors (Lipinski definition) is 6. The van der Waals surface area contributed by atoms with Gasteiger partial charge in [0.2, 0.25) is 0 Å². The summed E-state index contributed by atoms with van der Waals surface area (Å²) in [6.45, 7) is -0.250. The fourth-order valence-corrected chi connectivity index (χ4v) is 1.13. The summed E-state index contributed by atoms with van der Waals surface area (Å²) < 4.78 is 10.8. The van der Waals surface area contributed by atoms with E-state index in [9.17, 15) is 0 Å². The third-order valence-corrected chi connectivity index (χ3v) is 4.75. The summed E-state index contributed by atoms with van der Waals surface area (Å²) in [5, 5.41) is 49.7. The van der Waals surface area contributed by atoms with Crippen molar-refractivity contribution in [1.29, 1.82) is 0 Å². The molecule has 0 amide bonds. The first-order chi connectivity index (χ1) is 10.4. The third-order valence-electron chi connectivity index (χ3n) is 1.63. The van der Waals surface area contributed by atoms with Gasteiger partial charge in [0.25, 0.3) is 0 Å². The van der Waals surface area contributed by atoms with E-state index < -0.39 is 26.1 Å². The Bertz CT molecular complexity index is 214. The fraction of sp³-hybridized carbons (Fsp3) is 1.00. The molecule has 0 spiro atoms. The summed E-state index contributed by atoms with van der Waals surface area (Å²) >= 11 is 3.17. The van der Waals surface area contributed by atoms with E-state index >= 15 is 0 Å². The van der Waals surface area contributed by atoms with E-state index in [2.05, 4.69) is 0 Å². The van der Waals surface area contributed by atoms with Crippen LogP contribution < -0.4 is 14.7 Å². The maximum atomic E-state index is 8.55. The number of aliphatic hydroxyl groups is 6. The molecule has 0 aliphatic rings. The van der Waals surface area contributed by atoms with Crippen LogP contribution in [0.3, 0.4) is 0 Å². The molecule has 128 valence electrons. The van der Waals surface area contributed by atoms with Crippen LogP contribution in [0.15, 0.2) is 0 Å². The van der Waals surface area contributed by atoms with Gasteiger partial charge in [-0.05, 0) is 0 Å². The standard InChI is InChI=1S/3C3H7O2.3Ca.H3O4P/c3*1-3(5)2-4;;;;1-5(2,3)4/h3*3-5H,1-2H2;;;;(H3,1,2,3,4)/q;;;3*+1;/p-3. The van der Waals surface area contributed by atoms with E-state index in [0.717, 1.165) is 115 Å². The predicted molar refractivity (Wildman–Crippen MR) is 78.6 cm³/mol. The zero-order chi connectivity index (χ0) is 19.5. The molecule has 6 N–H and O–H groups in total. The van der Waals surface area contributed by atoms with E-state index in [1.54, 1.807) is 0 Å². The van der Waals surface area contributed by atoms with Gasteiger partial charge in [0.05, 0.1) is 0 Å². The molecule has 0 fully saturated rings. The van der Waals surface area contributed by atoms with Crippen molar-refractivity contribution in [1.82, 2.24) is 0 Å². The van der Waals surface area contributed by atoms with E-state index in [-0.39, 0.29) is 19.8 Å². The number of phosphoric acid groups is 1. The van der Waals surface area contributed by atoms with Crippen molar-refractivity contribution in [3.8, 4) is 0 Å². The van der Waals surface area contributed by atoms with Crippen molar-refractivity contribution in [2.24, 2.45) is 0 Å². The zero-order valence-corrected chi connectivity index (χ0v) is 20.4. The molecule has 0 bridgehead atoms. The van der Waals surface area contributed by atoms with Crippen molar-refractivity contribution in [2.45, 2.75) is 25.9 Å². The van der Waals surface area contributed by atoms with Crippen molar-refractivity contribution in [3.05, 3.63) is 0 Å². The molecule has 23 heavy (non-hydrogen) atoms. The zero-order valence-electron chi connectivity index (χ0n) is 12.9. The minimum absolute atomic E-state index is 0.0833. The van der Waals surface area contributed by atoms with Crippen LogP contribution in [0.5, 0.6) is 0 Å². The number of aliphatic hydroxyl groups excluding tert-OH is 6. The molecule has 3 unspecified atom stereocenters. The van der Waals surface area contributed by atoms with Crippen LogP contribution in [-0.4, -0.2) is 176 Å². The third kappa shape index (κ3) is 58.6. The Kier molecular flexibility index (Phi) is 38.1. The van der Waals surface area contributed by atoms with Gasteiger partial charge in [-0.1, -0.05) is 0 Å². The van der Waals surface area contributed by atoms with Crippen LogP contribution in [0.2, 0.25) is 7.55 Å². The van der Waals surface area contributed by atoms with Gasteiger partial charge >= 0.3 is 184 Å². The molecule has 0 aromatic rings. The van der Waals surface area contributed by atoms with Gasteiger partial charge in [-0.3, -0.25) is 0 Å². The summed E-state index contributed by atoms with van der Waals surface area (Å²) in [4.78, 5) is 25.6. The molecule has 0 saturated carbocycles. The summed E-state index contributed by atoms with van der Waals surface area (Å²) in [6.07, 6.45) is -1.36. The van der Waals surface area contributed by atoms with E-state index in [1.807, 2.05) is 0 Å². The molecular weight excluding hydrogens is 419 g/mol. The summed E-state index contributed by atoms with van der Waals surface area (Å²) in [7, 11) is -5.39. The summed E-state index contributed by atoms with van der Waals surface area (Å²) in [6, 6.07) is 0. The molecule has 0 saturated heterocycles. The number of rotatable bonds is 6. The van der Waals surface area contributed by atoms with E-state index in [1.165, 1.54) is 0 Å². The van der Waals surface area contributed by atoms with E-state index in [4.69, 9.17) is 49.9 Å². The Morgan fingerprint density at radius 2 is 0.826 bits per heavy atom. The number of hydrogen-bond acceptors (Lipinski definition) is 10. The van der Waals surface area contributed by atoms with Crippen LogP contribution in [-0.2, 0) is 4.57 Å². The molecule has 10 nitrogen and oxygen atoms in total. The Morgan fingerprint density at radius 1 is 0.696 bits per heavy atom. The van der Waals surface area contributed by atoms with Crippen LogP contribution in [0, 0.1) is 0 Å². The topological polar surface area (TPSA) is 208 Å². The molecule has 0 heterocycles. The second-order valence-electron chi connectivity index (χ2n) is 3.82. The normalized spacial score (nSPS) is 14.0. The van der Waals surface area contributed by atoms with Crippen LogP contribution in [0.1, 0.15) is 0 Å². The SMILES string of the molecule is O=P([O-])([O-])[O-].OCC(O)[CH2][Ca+].OCC(O)[CH2][Ca+].OCC(O)[CH2][Ca+]. The molecule has 0 aliphatic carbocycles. The Hall–Kier alpha value is 3.65. The maximum absolute atomic E-state index is 8.55. The van der Waals surface area contributed by atoms with Gasteiger partial charge < -0.3 is 19.2 Å². The molecular formula is C9H21Ca3O10P. The van der Waals surface area contributed by atoms with Crippen LogP contribution in [0.4, 0.5) is 0 Å². The van der Waals surface area contributed by atoms with Gasteiger partial charge in [-0.2, -0.15) is 7.82 Å². The quantitative estimate of drug-likeness (QED) is 0.170. The second kappa shape index (κ2) is 25.6. The van der Waals surface area contributed by atoms with Crippen molar-refractivity contribution in [2.75, 3.05) is 19.8 Å². The average molecular weight is 440 g/mol. The van der Waals surface area contributed by atoms with Crippen LogP contribution >= 0.6 is 7.82 Å². The average Bonchev–Trinajstić information content (AvgIpc) is 2.51. The van der Waals surface area contributed by atoms with Gasteiger partial charge in [-0.15, -0.1) is 0 Å². The Labute approximate surface area is 207 Å². The molecule has 3 atom stereocenters. The first-order valence-electron chi connectivity index (χ1n) is 6.40. The summed E-state index contributed by atoms with van der Waals surface area (Å²) in [5.74, 6) is 0. The monoisotopic (exact) mass is 440 g/mol. The van der Waals surface area contributed by atoms with Crippen molar-refractivity contribution in [3.63, 3.8) is 0 Å². The summed E-state index contributed by atoms with van der Waals surface area (Å²) in [5.41, 5.74) is 0. The molecule has 14 heteroatoms. The fourth-order valence-electron chi connectivity index (χ4n) is 0.274.